The summed E-state index contributed by atoms with van der Waals surface area (Å²) in [5, 5.41) is 0. The molecular weight excluding hydrogens is 150 g/mol. The highest BCUT2D eigenvalue weighted by molar-refractivity contribution is 6.01. The molecule has 2 aromatic rings. The normalized spacial score (nSPS) is 10.8. The van der Waals surface area contributed by atoms with Crippen LogP contribution in [0.1, 0.15) is 11.7 Å². The quantitative estimate of drug-likeness (QED) is 0.585. The van der Waals surface area contributed by atoms with Crippen molar-refractivity contribution in [3.63, 3.8) is 0 Å². The third kappa shape index (κ3) is 0.780. The average Bonchev–Trinajstić information content (AvgIpc) is 2.61. The van der Waals surface area contributed by atoms with Crippen molar-refractivity contribution in [1.29, 1.82) is 0 Å². The van der Waals surface area contributed by atoms with Gasteiger partial charge in [0.15, 0.2) is 0 Å². The molecule has 0 spiro atoms. The second kappa shape index (κ2) is 2.21. The molecular formula is C10H9NO. The van der Waals surface area contributed by atoms with E-state index in [1.54, 1.807) is 11.5 Å². The zero-order valence-corrected chi connectivity index (χ0v) is 6.87. The molecule has 0 N–H and O–H groups in total. The van der Waals surface area contributed by atoms with E-state index in [4.69, 9.17) is 0 Å². The third-order valence-corrected chi connectivity index (χ3v) is 1.93. The number of rotatable bonds is 1. The van der Waals surface area contributed by atoms with Gasteiger partial charge >= 0.3 is 0 Å². The molecule has 0 aliphatic heterocycles. The monoisotopic (exact) mass is 159 g/mol. The standard InChI is InChI=1S/C10H9NO/c1-7(2)10(12)11-8-3-4-9(11)6-5-8/h3-6H,1H2,2H3. The van der Waals surface area contributed by atoms with Gasteiger partial charge in [-0.25, -0.2) is 0 Å². The summed E-state index contributed by atoms with van der Waals surface area (Å²) < 4.78 is 1.67. The highest BCUT2D eigenvalue weighted by Gasteiger charge is 2.11. The fourth-order valence-electron chi connectivity index (χ4n) is 1.33. The van der Waals surface area contributed by atoms with Crippen molar-refractivity contribution in [3.8, 4) is 0 Å². The highest BCUT2D eigenvalue weighted by atomic mass is 16.2. The van der Waals surface area contributed by atoms with Crippen LogP contribution in [0.5, 0.6) is 0 Å². The molecule has 0 fully saturated rings. The second-order valence-electron chi connectivity index (χ2n) is 2.94. The highest BCUT2D eigenvalue weighted by Crippen LogP contribution is 2.17. The fraction of sp³-hybridized carbons (Fsp3) is 0.100. The lowest BCUT2D eigenvalue weighted by atomic mass is 10.3. The number of benzene rings is 1. The maximum Gasteiger partial charge on any atom is 0.257 e. The Morgan fingerprint density at radius 2 is 1.67 bits per heavy atom. The van der Waals surface area contributed by atoms with Crippen LogP contribution in [0.4, 0.5) is 0 Å². The van der Waals surface area contributed by atoms with Gasteiger partial charge in [0.25, 0.3) is 5.91 Å². The van der Waals surface area contributed by atoms with Crippen LogP contribution >= 0.6 is 0 Å². The van der Waals surface area contributed by atoms with Gasteiger partial charge in [-0.1, -0.05) is 6.58 Å². The van der Waals surface area contributed by atoms with Crippen molar-refractivity contribution >= 4 is 16.9 Å². The molecule has 2 rings (SSSR count). The van der Waals surface area contributed by atoms with Gasteiger partial charge in [-0.3, -0.25) is 9.36 Å². The summed E-state index contributed by atoms with van der Waals surface area (Å²) in [5.41, 5.74) is 2.45. The summed E-state index contributed by atoms with van der Waals surface area (Å²) in [6, 6.07) is 7.71. The zero-order chi connectivity index (χ0) is 8.72. The molecule has 0 saturated carbocycles. The number of fused-ring (bicyclic) bond motifs is 2. The van der Waals surface area contributed by atoms with Gasteiger partial charge in [0.2, 0.25) is 0 Å². The summed E-state index contributed by atoms with van der Waals surface area (Å²) in [6.45, 7) is 5.35. The SMILES string of the molecule is C=C(C)C(=O)n1c2ccc1cc2. The molecule has 0 aliphatic rings. The van der Waals surface area contributed by atoms with Crippen LogP contribution in [-0.4, -0.2) is 10.5 Å². The van der Waals surface area contributed by atoms with Gasteiger partial charge < -0.3 is 0 Å². The predicted octanol–water partition coefficient (Wildman–Crippen LogP) is 2.30. The van der Waals surface area contributed by atoms with E-state index in [1.807, 2.05) is 24.3 Å². The Balaban J connectivity index is 2.61. The van der Waals surface area contributed by atoms with Crippen molar-refractivity contribution in [3.05, 3.63) is 36.4 Å². The summed E-state index contributed by atoms with van der Waals surface area (Å²) in [5.74, 6) is -0.0185. The van der Waals surface area contributed by atoms with E-state index in [1.165, 1.54) is 0 Å². The maximum atomic E-state index is 11.5. The van der Waals surface area contributed by atoms with Gasteiger partial charge in [-0.15, -0.1) is 0 Å². The number of aromatic nitrogens is 1. The number of carbonyl (C=O) groups excluding carboxylic acids is 1. The van der Waals surface area contributed by atoms with Gasteiger partial charge in [0, 0.05) is 16.6 Å². The van der Waals surface area contributed by atoms with E-state index in [0.29, 0.717) is 5.57 Å². The van der Waals surface area contributed by atoms with Crippen LogP contribution in [0.25, 0.3) is 11.0 Å². The Morgan fingerprint density at radius 3 is 2.00 bits per heavy atom. The molecule has 0 unspecified atom stereocenters. The molecule has 2 nitrogen and oxygen atoms in total. The van der Waals surface area contributed by atoms with Crippen molar-refractivity contribution in [2.45, 2.75) is 6.92 Å². The Kier molecular flexibility index (Phi) is 1.30. The van der Waals surface area contributed by atoms with E-state index < -0.39 is 0 Å². The molecule has 0 radical (unpaired) electrons. The smallest absolute Gasteiger partial charge is 0.257 e. The minimum absolute atomic E-state index is 0.0185. The van der Waals surface area contributed by atoms with Crippen LogP contribution in [0.15, 0.2) is 36.4 Å². The van der Waals surface area contributed by atoms with Crippen LogP contribution in [0.3, 0.4) is 0 Å². The Labute approximate surface area is 70.4 Å². The lowest BCUT2D eigenvalue weighted by molar-refractivity contribution is 0.0965. The van der Waals surface area contributed by atoms with Crippen LogP contribution < -0.4 is 0 Å². The molecule has 60 valence electrons. The lowest BCUT2D eigenvalue weighted by Crippen LogP contribution is -2.08. The van der Waals surface area contributed by atoms with Crippen LogP contribution in [0.2, 0.25) is 0 Å². The molecule has 0 atom stereocenters. The van der Waals surface area contributed by atoms with Crippen molar-refractivity contribution < 1.29 is 4.79 Å². The number of hydrogen-bond donors (Lipinski definition) is 0. The molecule has 0 amide bonds. The number of nitrogens with zero attached hydrogens (tertiary/aromatic N) is 1. The van der Waals surface area contributed by atoms with Gasteiger partial charge in [0.05, 0.1) is 0 Å². The van der Waals surface area contributed by atoms with Crippen LogP contribution in [-0.2, 0) is 0 Å². The van der Waals surface area contributed by atoms with E-state index in [-0.39, 0.29) is 5.91 Å². The second-order valence-corrected chi connectivity index (χ2v) is 2.94. The number of hydrogen-bond acceptors (Lipinski definition) is 1. The van der Waals surface area contributed by atoms with E-state index in [2.05, 4.69) is 6.58 Å². The maximum absolute atomic E-state index is 11.5. The number of carbonyl (C=O) groups is 1. The molecule has 2 heterocycles. The molecule has 2 heteroatoms. The van der Waals surface area contributed by atoms with E-state index in [0.717, 1.165) is 11.0 Å². The Bertz CT molecular complexity index is 391. The van der Waals surface area contributed by atoms with E-state index >= 15 is 0 Å². The summed E-state index contributed by atoms with van der Waals surface area (Å²) in [7, 11) is 0. The Morgan fingerprint density at radius 1 is 1.25 bits per heavy atom. The van der Waals surface area contributed by atoms with Gasteiger partial charge in [0.1, 0.15) is 0 Å². The van der Waals surface area contributed by atoms with Gasteiger partial charge in [-0.2, -0.15) is 0 Å². The first-order valence-electron chi connectivity index (χ1n) is 3.80. The van der Waals surface area contributed by atoms with Crippen molar-refractivity contribution in [2.75, 3.05) is 0 Å². The summed E-state index contributed by atoms with van der Waals surface area (Å²) >= 11 is 0. The predicted molar refractivity (Wildman–Crippen MR) is 48.6 cm³/mol. The molecule has 2 aromatic heterocycles. The zero-order valence-electron chi connectivity index (χ0n) is 6.87. The largest absolute Gasteiger partial charge is 0.277 e. The van der Waals surface area contributed by atoms with E-state index in [9.17, 15) is 4.79 Å². The Hall–Kier alpha value is -1.57. The molecule has 0 aromatic carbocycles. The topological polar surface area (TPSA) is 22.0 Å². The third-order valence-electron chi connectivity index (χ3n) is 1.93. The first kappa shape index (κ1) is 7.10. The first-order chi connectivity index (χ1) is 5.70. The van der Waals surface area contributed by atoms with Crippen LogP contribution in [0, 0.1) is 0 Å². The minimum Gasteiger partial charge on any atom is -0.277 e. The van der Waals surface area contributed by atoms with Gasteiger partial charge in [-0.05, 0) is 31.2 Å². The molecule has 2 bridgehead atoms. The summed E-state index contributed by atoms with van der Waals surface area (Å²) in [4.78, 5) is 11.5. The number of allylic oxidation sites excluding steroid dienone is 1. The average molecular weight is 159 g/mol. The minimum atomic E-state index is -0.0185. The first-order valence-corrected chi connectivity index (χ1v) is 3.80. The molecule has 0 aliphatic carbocycles. The van der Waals surface area contributed by atoms with Crippen molar-refractivity contribution in [1.82, 2.24) is 4.57 Å². The molecule has 12 heavy (non-hydrogen) atoms. The summed E-state index contributed by atoms with van der Waals surface area (Å²) in [6.07, 6.45) is 0. The lowest BCUT2D eigenvalue weighted by Gasteiger charge is -2.00. The van der Waals surface area contributed by atoms with Crippen molar-refractivity contribution in [2.24, 2.45) is 0 Å². The fourth-order valence-corrected chi connectivity index (χ4v) is 1.33. The molecule has 0 saturated heterocycles.